The van der Waals surface area contributed by atoms with Gasteiger partial charge in [0.2, 0.25) is 0 Å². The van der Waals surface area contributed by atoms with E-state index < -0.39 is 0 Å². The van der Waals surface area contributed by atoms with Crippen LogP contribution < -0.4 is 4.74 Å². The van der Waals surface area contributed by atoms with E-state index in [0.29, 0.717) is 12.4 Å². The summed E-state index contributed by atoms with van der Waals surface area (Å²) in [6, 6.07) is 5.01. The van der Waals surface area contributed by atoms with E-state index in [1.165, 1.54) is 6.07 Å². The van der Waals surface area contributed by atoms with Crippen LogP contribution in [-0.2, 0) is 0 Å². The third-order valence-corrected chi connectivity index (χ3v) is 1.75. The number of rotatable bonds is 2. The minimum atomic E-state index is -0.283. The molecule has 0 radical (unpaired) electrons. The first kappa shape index (κ1) is 14.9. The van der Waals surface area contributed by atoms with Crippen molar-refractivity contribution in [3.63, 3.8) is 0 Å². The van der Waals surface area contributed by atoms with Crippen molar-refractivity contribution in [2.75, 3.05) is 6.61 Å². The van der Waals surface area contributed by atoms with E-state index in [9.17, 15) is 4.39 Å². The second kappa shape index (κ2) is 6.51. The number of hydrogen-bond donors (Lipinski definition) is 0. The molecule has 0 bridgehead atoms. The fourth-order valence-corrected chi connectivity index (χ4v) is 1.02. The Kier molecular flexibility index (Phi) is 6.09. The molecule has 1 aromatic rings. The Hall–Kier alpha value is -1.05. The van der Waals surface area contributed by atoms with Crippen LogP contribution in [0.2, 0.25) is 0 Å². The standard InChI is InChI=1S/C12H17FO.C2H6/c1-9-5-6-11(10(13)7-9)14-8-12(2,3)4;1-2/h5-7H,8H2,1-4H3;1-2H3. The first-order valence-corrected chi connectivity index (χ1v) is 5.77. The molecule has 92 valence electrons. The van der Waals surface area contributed by atoms with Gasteiger partial charge in [-0.05, 0) is 30.0 Å². The Morgan fingerprint density at radius 2 is 1.75 bits per heavy atom. The summed E-state index contributed by atoms with van der Waals surface area (Å²) in [6.07, 6.45) is 0. The van der Waals surface area contributed by atoms with Gasteiger partial charge in [0.1, 0.15) is 0 Å². The number of halogens is 1. The van der Waals surface area contributed by atoms with Crippen LogP contribution in [0.3, 0.4) is 0 Å². The van der Waals surface area contributed by atoms with Crippen LogP contribution in [-0.4, -0.2) is 6.61 Å². The topological polar surface area (TPSA) is 9.23 Å². The lowest BCUT2D eigenvalue weighted by molar-refractivity contribution is 0.191. The molecule has 0 spiro atoms. The normalized spacial score (nSPS) is 10.4. The van der Waals surface area contributed by atoms with Gasteiger partial charge in [0.25, 0.3) is 0 Å². The van der Waals surface area contributed by atoms with Gasteiger partial charge in [-0.2, -0.15) is 0 Å². The molecular weight excluding hydrogens is 203 g/mol. The van der Waals surface area contributed by atoms with Gasteiger partial charge in [0, 0.05) is 0 Å². The Morgan fingerprint density at radius 1 is 1.19 bits per heavy atom. The zero-order chi connectivity index (χ0) is 12.8. The Morgan fingerprint density at radius 3 is 2.19 bits per heavy atom. The van der Waals surface area contributed by atoms with Crippen molar-refractivity contribution in [1.29, 1.82) is 0 Å². The Bertz CT molecular complexity index is 313. The molecule has 2 heteroatoms. The zero-order valence-electron chi connectivity index (χ0n) is 11.2. The molecule has 0 aliphatic heterocycles. The van der Waals surface area contributed by atoms with Crippen molar-refractivity contribution in [3.05, 3.63) is 29.6 Å². The maximum Gasteiger partial charge on any atom is 0.165 e. The Labute approximate surface area is 98.6 Å². The molecule has 0 heterocycles. The summed E-state index contributed by atoms with van der Waals surface area (Å²) >= 11 is 0. The van der Waals surface area contributed by atoms with E-state index in [4.69, 9.17) is 4.74 Å². The highest BCUT2D eigenvalue weighted by Gasteiger charge is 2.12. The van der Waals surface area contributed by atoms with E-state index in [-0.39, 0.29) is 11.2 Å². The summed E-state index contributed by atoms with van der Waals surface area (Å²) in [7, 11) is 0. The summed E-state index contributed by atoms with van der Waals surface area (Å²) in [5, 5.41) is 0. The van der Waals surface area contributed by atoms with E-state index in [1.807, 2.05) is 26.8 Å². The second-order valence-electron chi connectivity index (χ2n) is 4.78. The molecule has 0 amide bonds. The van der Waals surface area contributed by atoms with Crippen molar-refractivity contribution in [3.8, 4) is 5.75 Å². The summed E-state index contributed by atoms with van der Waals surface area (Å²) in [5.41, 5.74) is 0.961. The van der Waals surface area contributed by atoms with Gasteiger partial charge in [0.05, 0.1) is 6.61 Å². The Balaban J connectivity index is 0.00000106. The molecule has 1 rings (SSSR count). The molecule has 0 aliphatic rings. The molecule has 1 nitrogen and oxygen atoms in total. The van der Waals surface area contributed by atoms with Crippen molar-refractivity contribution >= 4 is 0 Å². The minimum Gasteiger partial charge on any atom is -0.490 e. The van der Waals surface area contributed by atoms with Gasteiger partial charge < -0.3 is 4.74 Å². The van der Waals surface area contributed by atoms with Crippen molar-refractivity contribution in [2.24, 2.45) is 5.41 Å². The second-order valence-corrected chi connectivity index (χ2v) is 4.78. The lowest BCUT2D eigenvalue weighted by Gasteiger charge is -2.19. The van der Waals surface area contributed by atoms with Crippen LogP contribution in [0.1, 0.15) is 40.2 Å². The predicted octanol–water partition coefficient (Wildman–Crippen LogP) is 4.59. The molecule has 0 saturated carbocycles. The summed E-state index contributed by atoms with van der Waals surface area (Å²) < 4.78 is 18.7. The SMILES string of the molecule is CC.Cc1ccc(OCC(C)(C)C)c(F)c1. The minimum absolute atomic E-state index is 0.0529. The van der Waals surface area contributed by atoms with Gasteiger partial charge in [0.15, 0.2) is 11.6 Å². The van der Waals surface area contributed by atoms with E-state index in [0.717, 1.165) is 5.56 Å². The van der Waals surface area contributed by atoms with Gasteiger partial charge in [-0.25, -0.2) is 4.39 Å². The molecule has 0 atom stereocenters. The number of aryl methyl sites for hydroxylation is 1. The highest BCUT2D eigenvalue weighted by Crippen LogP contribution is 2.21. The van der Waals surface area contributed by atoms with Crippen LogP contribution in [0.15, 0.2) is 18.2 Å². The fraction of sp³-hybridized carbons (Fsp3) is 0.571. The van der Waals surface area contributed by atoms with Gasteiger partial charge in [-0.1, -0.05) is 40.7 Å². The molecule has 0 unspecified atom stereocenters. The molecular formula is C14H23FO. The van der Waals surface area contributed by atoms with E-state index in [1.54, 1.807) is 6.07 Å². The number of benzene rings is 1. The zero-order valence-corrected chi connectivity index (χ0v) is 11.2. The summed E-state index contributed by atoms with van der Waals surface area (Å²) in [5.74, 6) is 0.0553. The fourth-order valence-electron chi connectivity index (χ4n) is 1.02. The maximum atomic E-state index is 13.3. The maximum absolute atomic E-state index is 13.3. The van der Waals surface area contributed by atoms with E-state index in [2.05, 4.69) is 20.8 Å². The third-order valence-electron chi connectivity index (χ3n) is 1.75. The first-order chi connectivity index (χ1) is 7.38. The molecule has 0 N–H and O–H groups in total. The molecule has 0 fully saturated rings. The van der Waals surface area contributed by atoms with Crippen LogP contribution in [0.4, 0.5) is 4.39 Å². The third kappa shape index (κ3) is 5.74. The monoisotopic (exact) mass is 226 g/mol. The van der Waals surface area contributed by atoms with Crippen LogP contribution >= 0.6 is 0 Å². The number of hydrogen-bond acceptors (Lipinski definition) is 1. The molecule has 16 heavy (non-hydrogen) atoms. The predicted molar refractivity (Wildman–Crippen MR) is 67.4 cm³/mol. The van der Waals surface area contributed by atoms with Gasteiger partial charge >= 0.3 is 0 Å². The van der Waals surface area contributed by atoms with E-state index >= 15 is 0 Å². The smallest absolute Gasteiger partial charge is 0.165 e. The quantitative estimate of drug-likeness (QED) is 0.717. The average molecular weight is 226 g/mol. The molecule has 1 aromatic carbocycles. The van der Waals surface area contributed by atoms with Crippen LogP contribution in [0.25, 0.3) is 0 Å². The lowest BCUT2D eigenvalue weighted by Crippen LogP contribution is -2.17. The molecule has 0 saturated heterocycles. The highest BCUT2D eigenvalue weighted by molar-refractivity contribution is 5.28. The van der Waals surface area contributed by atoms with Crippen LogP contribution in [0.5, 0.6) is 5.75 Å². The summed E-state index contributed by atoms with van der Waals surface area (Å²) in [6.45, 7) is 12.5. The van der Waals surface area contributed by atoms with Crippen molar-refractivity contribution in [2.45, 2.75) is 41.5 Å². The average Bonchev–Trinajstić information content (AvgIpc) is 2.18. The van der Waals surface area contributed by atoms with Crippen molar-refractivity contribution < 1.29 is 9.13 Å². The number of ether oxygens (including phenoxy) is 1. The molecule has 0 aliphatic carbocycles. The van der Waals surface area contributed by atoms with Crippen molar-refractivity contribution in [1.82, 2.24) is 0 Å². The lowest BCUT2D eigenvalue weighted by atomic mass is 9.99. The summed E-state index contributed by atoms with van der Waals surface area (Å²) in [4.78, 5) is 0. The molecule has 0 aromatic heterocycles. The first-order valence-electron chi connectivity index (χ1n) is 5.77. The largest absolute Gasteiger partial charge is 0.490 e. The van der Waals surface area contributed by atoms with Gasteiger partial charge in [-0.3, -0.25) is 0 Å². The van der Waals surface area contributed by atoms with Crippen LogP contribution in [0, 0.1) is 18.2 Å². The highest BCUT2D eigenvalue weighted by atomic mass is 19.1. The van der Waals surface area contributed by atoms with Gasteiger partial charge in [-0.15, -0.1) is 0 Å².